The van der Waals surface area contributed by atoms with Gasteiger partial charge in [0.1, 0.15) is 20.4 Å². The molecule has 0 radical (unpaired) electrons. The maximum atomic E-state index is 6.12. The second kappa shape index (κ2) is 6.86. The molecule has 0 aliphatic heterocycles. The van der Waals surface area contributed by atoms with E-state index in [0.29, 0.717) is 6.61 Å². The number of hydrogen-bond donors (Lipinski definition) is 0. The Morgan fingerprint density at radius 2 is 1.63 bits per heavy atom. The fourth-order valence-electron chi connectivity index (χ4n) is 4.37. The Morgan fingerprint density at radius 1 is 0.926 bits per heavy atom. The predicted molar refractivity (Wildman–Crippen MR) is 118 cm³/mol. The molecule has 1 aliphatic rings. The third-order valence-corrected chi connectivity index (χ3v) is 9.31. The number of rotatable bonds is 5. The maximum Gasteiger partial charge on any atom is 0.122 e. The zero-order valence-corrected chi connectivity index (χ0v) is 17.4. The van der Waals surface area contributed by atoms with Crippen molar-refractivity contribution in [2.24, 2.45) is 0 Å². The summed E-state index contributed by atoms with van der Waals surface area (Å²) in [4.78, 5) is 0. The lowest BCUT2D eigenvalue weighted by molar-refractivity contribution is 0.363. The molecular formula is C25H26OSi. The first-order valence-corrected chi connectivity index (χ1v) is 12.6. The van der Waals surface area contributed by atoms with Crippen LogP contribution in [0, 0.1) is 6.92 Å². The van der Waals surface area contributed by atoms with Crippen LogP contribution in [-0.4, -0.2) is 14.7 Å². The van der Waals surface area contributed by atoms with E-state index in [9.17, 15) is 0 Å². The van der Waals surface area contributed by atoms with Crippen LogP contribution in [0.5, 0.6) is 5.75 Å². The summed E-state index contributed by atoms with van der Waals surface area (Å²) in [6.45, 7) is 11.4. The second-order valence-electron chi connectivity index (χ2n) is 7.84. The summed E-state index contributed by atoms with van der Waals surface area (Å²) in [6.07, 6.45) is 2.86. The monoisotopic (exact) mass is 370 g/mol. The van der Waals surface area contributed by atoms with Crippen LogP contribution in [0.4, 0.5) is 0 Å². The quantitative estimate of drug-likeness (QED) is 0.357. The Kier molecular flexibility index (Phi) is 4.53. The Bertz CT molecular complexity index is 1020. The molecule has 0 N–H and O–H groups in total. The largest absolute Gasteiger partial charge is 0.489 e. The van der Waals surface area contributed by atoms with Gasteiger partial charge in [-0.3, -0.25) is 0 Å². The van der Waals surface area contributed by atoms with Crippen molar-refractivity contribution in [1.29, 1.82) is 0 Å². The van der Waals surface area contributed by atoms with Crippen molar-refractivity contribution in [2.45, 2.75) is 26.4 Å². The van der Waals surface area contributed by atoms with Gasteiger partial charge in [0.2, 0.25) is 0 Å². The number of benzene rings is 3. The minimum atomic E-state index is -1.94. The van der Waals surface area contributed by atoms with Crippen LogP contribution in [0.1, 0.15) is 16.7 Å². The van der Waals surface area contributed by atoms with Gasteiger partial charge in [0.05, 0.1) is 0 Å². The molecule has 0 spiro atoms. The molecule has 0 saturated carbocycles. The molecule has 3 aromatic rings. The fourth-order valence-corrected chi connectivity index (χ4v) is 7.50. The van der Waals surface area contributed by atoms with Crippen LogP contribution < -0.4 is 15.1 Å². The van der Waals surface area contributed by atoms with Crippen molar-refractivity contribution in [2.75, 3.05) is 6.61 Å². The van der Waals surface area contributed by atoms with Crippen LogP contribution in [0.15, 0.2) is 73.3 Å². The van der Waals surface area contributed by atoms with E-state index in [-0.39, 0.29) is 0 Å². The van der Waals surface area contributed by atoms with Crippen molar-refractivity contribution in [3.05, 3.63) is 90.0 Å². The third-order valence-electron chi connectivity index (χ3n) is 5.75. The van der Waals surface area contributed by atoms with E-state index in [1.54, 1.807) is 0 Å². The number of fused-ring (bicyclic) bond motifs is 3. The molecule has 0 aromatic heterocycles. The van der Waals surface area contributed by atoms with Gasteiger partial charge in [-0.1, -0.05) is 91.6 Å². The summed E-state index contributed by atoms with van der Waals surface area (Å²) in [5.41, 5.74) is 6.95. The summed E-state index contributed by atoms with van der Waals surface area (Å²) in [6, 6.07) is 22.2. The fraction of sp³-hybridized carbons (Fsp3) is 0.200. The van der Waals surface area contributed by atoms with Crippen molar-refractivity contribution in [3.8, 4) is 16.9 Å². The van der Waals surface area contributed by atoms with Gasteiger partial charge in [-0.25, -0.2) is 0 Å². The molecule has 0 heterocycles. The smallest absolute Gasteiger partial charge is 0.122 e. The molecule has 136 valence electrons. The average Bonchev–Trinajstić information content (AvgIpc) is 3.05. The lowest BCUT2D eigenvalue weighted by Crippen LogP contribution is -2.54. The van der Waals surface area contributed by atoms with E-state index < -0.39 is 8.07 Å². The molecular weight excluding hydrogens is 344 g/mol. The molecule has 0 bridgehead atoms. The highest BCUT2D eigenvalue weighted by Crippen LogP contribution is 2.36. The van der Waals surface area contributed by atoms with Gasteiger partial charge >= 0.3 is 0 Å². The molecule has 4 rings (SSSR count). The topological polar surface area (TPSA) is 9.23 Å². The highest BCUT2D eigenvalue weighted by Gasteiger charge is 2.34. The van der Waals surface area contributed by atoms with E-state index >= 15 is 0 Å². The molecule has 0 unspecified atom stereocenters. The molecule has 3 aromatic carbocycles. The van der Waals surface area contributed by atoms with Gasteiger partial charge in [0, 0.05) is 0 Å². The van der Waals surface area contributed by atoms with Gasteiger partial charge in [0.15, 0.2) is 0 Å². The van der Waals surface area contributed by atoms with Gasteiger partial charge in [-0.2, -0.15) is 0 Å². The Morgan fingerprint density at radius 3 is 2.44 bits per heavy atom. The normalized spacial score (nSPS) is 12.4. The summed E-state index contributed by atoms with van der Waals surface area (Å²) >= 11 is 0. The summed E-state index contributed by atoms with van der Waals surface area (Å²) in [5.74, 6) is 1.04. The Labute approximate surface area is 163 Å². The maximum absolute atomic E-state index is 6.12. The van der Waals surface area contributed by atoms with Crippen LogP contribution in [0.3, 0.4) is 0 Å². The SMILES string of the molecule is C=CCOc1c(C)cccc1[Si](C)(C)c1cccc2c1Cc1ccccc1-2. The zero-order chi connectivity index (χ0) is 19.0. The predicted octanol–water partition coefficient (Wildman–Crippen LogP) is 4.95. The first-order valence-electron chi connectivity index (χ1n) is 9.58. The van der Waals surface area contributed by atoms with E-state index in [2.05, 4.69) is 87.3 Å². The summed E-state index contributed by atoms with van der Waals surface area (Å²) < 4.78 is 6.12. The van der Waals surface area contributed by atoms with E-state index in [0.717, 1.165) is 12.2 Å². The molecule has 1 nitrogen and oxygen atoms in total. The number of hydrogen-bond acceptors (Lipinski definition) is 1. The highest BCUT2D eigenvalue weighted by atomic mass is 28.3. The number of aryl methyl sites for hydroxylation is 1. The van der Waals surface area contributed by atoms with Crippen molar-refractivity contribution in [1.82, 2.24) is 0 Å². The first kappa shape index (κ1) is 17.8. The van der Waals surface area contributed by atoms with Crippen molar-refractivity contribution >= 4 is 18.4 Å². The first-order chi connectivity index (χ1) is 13.0. The Balaban J connectivity index is 1.86. The average molecular weight is 371 g/mol. The van der Waals surface area contributed by atoms with Crippen LogP contribution in [-0.2, 0) is 6.42 Å². The molecule has 0 saturated heterocycles. The third kappa shape index (κ3) is 2.94. The minimum Gasteiger partial charge on any atom is -0.489 e. The molecule has 0 amide bonds. The van der Waals surface area contributed by atoms with Gasteiger partial charge in [-0.15, -0.1) is 0 Å². The molecule has 0 atom stereocenters. The molecule has 1 aliphatic carbocycles. The minimum absolute atomic E-state index is 0.542. The van der Waals surface area contributed by atoms with Gasteiger partial charge < -0.3 is 4.74 Å². The number of ether oxygens (including phenoxy) is 1. The van der Waals surface area contributed by atoms with Crippen molar-refractivity contribution < 1.29 is 4.74 Å². The van der Waals surface area contributed by atoms with Crippen LogP contribution in [0.25, 0.3) is 11.1 Å². The molecule has 2 heteroatoms. The highest BCUT2D eigenvalue weighted by molar-refractivity contribution is 7.01. The zero-order valence-electron chi connectivity index (χ0n) is 16.4. The standard InChI is InChI=1S/C25H26OSi/c1-5-16-26-25-18(2)10-8-15-24(25)27(3,4)23-14-9-13-21-20-12-7-6-11-19(20)17-22(21)23/h5-15H,1,16-17H2,2-4H3. The Hall–Kier alpha value is -2.58. The number of para-hydroxylation sites is 1. The van der Waals surface area contributed by atoms with Crippen molar-refractivity contribution in [3.63, 3.8) is 0 Å². The van der Waals surface area contributed by atoms with Gasteiger partial charge in [-0.05, 0) is 46.3 Å². The lowest BCUT2D eigenvalue weighted by atomic mass is 10.1. The van der Waals surface area contributed by atoms with E-state index in [4.69, 9.17) is 4.74 Å². The summed E-state index contributed by atoms with van der Waals surface area (Å²) in [7, 11) is -1.94. The van der Waals surface area contributed by atoms with Crippen LogP contribution >= 0.6 is 0 Å². The van der Waals surface area contributed by atoms with E-state index in [1.807, 2.05) is 6.08 Å². The second-order valence-corrected chi connectivity index (χ2v) is 12.2. The summed E-state index contributed by atoms with van der Waals surface area (Å²) in [5, 5.41) is 2.89. The van der Waals surface area contributed by atoms with Gasteiger partial charge in [0.25, 0.3) is 0 Å². The molecule has 27 heavy (non-hydrogen) atoms. The van der Waals surface area contributed by atoms with Crippen LogP contribution in [0.2, 0.25) is 13.1 Å². The lowest BCUT2D eigenvalue weighted by Gasteiger charge is -2.29. The van der Waals surface area contributed by atoms with E-state index in [1.165, 1.54) is 38.2 Å². The molecule has 0 fully saturated rings.